The van der Waals surface area contributed by atoms with Gasteiger partial charge in [0.05, 0.1) is 12.2 Å². The molecule has 26 heavy (non-hydrogen) atoms. The highest BCUT2D eigenvalue weighted by Gasteiger charge is 2.22. The van der Waals surface area contributed by atoms with Crippen LogP contribution in [0, 0.1) is 5.82 Å². The summed E-state index contributed by atoms with van der Waals surface area (Å²) in [4.78, 5) is 10.5. The van der Waals surface area contributed by atoms with E-state index < -0.39 is 0 Å². The zero-order chi connectivity index (χ0) is 17.5. The molecule has 2 heterocycles. The van der Waals surface area contributed by atoms with Crippen molar-refractivity contribution in [1.29, 1.82) is 0 Å². The Bertz CT molecular complexity index is 706. The van der Waals surface area contributed by atoms with Crippen molar-refractivity contribution in [2.45, 2.75) is 25.5 Å². The number of para-hydroxylation sites is 1. The van der Waals surface area contributed by atoms with Gasteiger partial charge in [-0.25, -0.2) is 4.39 Å². The molecule has 3 rings (SSSR count). The van der Waals surface area contributed by atoms with Crippen LogP contribution >= 0.6 is 24.0 Å². The fraction of sp³-hybridized carbons (Fsp3) is 0.368. The van der Waals surface area contributed by atoms with Crippen LogP contribution in [0.15, 0.2) is 53.7 Å². The van der Waals surface area contributed by atoms with E-state index in [9.17, 15) is 4.39 Å². The molecule has 1 N–H and O–H groups in total. The molecule has 0 radical (unpaired) electrons. The number of likely N-dealkylation sites (tertiary alicyclic amines) is 1. The maximum atomic E-state index is 13.7. The van der Waals surface area contributed by atoms with Gasteiger partial charge in [-0.2, -0.15) is 0 Å². The molecule has 1 saturated heterocycles. The number of ether oxygens (including phenoxy) is 1. The van der Waals surface area contributed by atoms with E-state index in [2.05, 4.69) is 20.2 Å². The molecule has 140 valence electrons. The number of aromatic nitrogens is 1. The first-order valence-corrected chi connectivity index (χ1v) is 8.53. The quantitative estimate of drug-likeness (QED) is 0.423. The number of nitrogens with zero attached hydrogens (tertiary/aromatic N) is 3. The highest BCUT2D eigenvalue weighted by atomic mass is 127. The number of piperidine rings is 1. The second-order valence-electron chi connectivity index (χ2n) is 5.95. The molecule has 0 atom stereocenters. The largest absolute Gasteiger partial charge is 0.490 e. The topological polar surface area (TPSA) is 49.8 Å². The minimum atomic E-state index is -0.305. The van der Waals surface area contributed by atoms with Crippen LogP contribution in [0.2, 0.25) is 0 Å². The van der Waals surface area contributed by atoms with Crippen LogP contribution < -0.4 is 10.1 Å². The fourth-order valence-corrected chi connectivity index (χ4v) is 2.92. The van der Waals surface area contributed by atoms with Crippen LogP contribution in [0.4, 0.5) is 4.39 Å². The van der Waals surface area contributed by atoms with E-state index in [1.54, 1.807) is 19.3 Å². The lowest BCUT2D eigenvalue weighted by Crippen LogP contribution is -2.47. The summed E-state index contributed by atoms with van der Waals surface area (Å²) in [5.41, 5.74) is 0.394. The Morgan fingerprint density at radius 2 is 1.96 bits per heavy atom. The monoisotopic (exact) mass is 470 g/mol. The fourth-order valence-electron chi connectivity index (χ4n) is 2.92. The van der Waals surface area contributed by atoms with Gasteiger partial charge in [-0.3, -0.25) is 9.98 Å². The zero-order valence-corrected chi connectivity index (χ0v) is 17.1. The molecule has 0 spiro atoms. The molecule has 1 aromatic heterocycles. The molecule has 0 aliphatic carbocycles. The summed E-state index contributed by atoms with van der Waals surface area (Å²) in [6, 6.07) is 12.9. The molecule has 1 aliphatic rings. The second-order valence-corrected chi connectivity index (χ2v) is 5.95. The maximum absolute atomic E-state index is 13.7. The first-order valence-electron chi connectivity index (χ1n) is 8.53. The molecule has 0 unspecified atom stereocenters. The molecular formula is C19H24FIN4O. The number of aliphatic imine (C=N–C) groups is 1. The Balaban J connectivity index is 0.00000243. The van der Waals surface area contributed by atoms with Crippen LogP contribution in [-0.2, 0) is 6.54 Å². The van der Waals surface area contributed by atoms with Gasteiger partial charge >= 0.3 is 0 Å². The second kappa shape index (κ2) is 10.3. The number of pyridine rings is 1. The molecular weight excluding hydrogens is 446 g/mol. The Labute approximate surface area is 170 Å². The maximum Gasteiger partial charge on any atom is 0.193 e. The van der Waals surface area contributed by atoms with Crippen molar-refractivity contribution in [3.8, 4) is 5.75 Å². The van der Waals surface area contributed by atoms with Crippen LogP contribution in [0.25, 0.3) is 0 Å². The number of nitrogens with one attached hydrogen (secondary N) is 1. The predicted molar refractivity (Wildman–Crippen MR) is 111 cm³/mol. The van der Waals surface area contributed by atoms with Gasteiger partial charge in [0.1, 0.15) is 17.7 Å². The lowest BCUT2D eigenvalue weighted by molar-refractivity contribution is 0.129. The van der Waals surface area contributed by atoms with Crippen molar-refractivity contribution in [2.75, 3.05) is 20.1 Å². The first-order chi connectivity index (χ1) is 12.3. The van der Waals surface area contributed by atoms with E-state index in [4.69, 9.17) is 4.74 Å². The highest BCUT2D eigenvalue weighted by Crippen LogP contribution is 2.18. The van der Waals surface area contributed by atoms with Crippen molar-refractivity contribution in [3.63, 3.8) is 0 Å². The summed E-state index contributed by atoms with van der Waals surface area (Å²) in [6.45, 7) is 2.02. The molecule has 0 bridgehead atoms. The summed E-state index contributed by atoms with van der Waals surface area (Å²) in [5.74, 6) is 1.37. The van der Waals surface area contributed by atoms with Gasteiger partial charge in [0.2, 0.25) is 0 Å². The van der Waals surface area contributed by atoms with Gasteiger partial charge in [-0.05, 0) is 24.3 Å². The van der Waals surface area contributed by atoms with Gasteiger partial charge in [0, 0.05) is 39.2 Å². The average Bonchev–Trinajstić information content (AvgIpc) is 2.66. The first kappa shape index (κ1) is 20.4. The number of halogens is 2. The molecule has 1 fully saturated rings. The summed E-state index contributed by atoms with van der Waals surface area (Å²) in [7, 11) is 1.74. The van der Waals surface area contributed by atoms with Gasteiger partial charge in [-0.1, -0.05) is 18.2 Å². The van der Waals surface area contributed by atoms with Crippen LogP contribution in [0.5, 0.6) is 5.75 Å². The van der Waals surface area contributed by atoms with E-state index in [-0.39, 0.29) is 35.9 Å². The van der Waals surface area contributed by atoms with E-state index >= 15 is 0 Å². The number of hydrogen-bond donors (Lipinski definition) is 1. The molecule has 2 aromatic rings. The van der Waals surface area contributed by atoms with Gasteiger partial charge in [0.15, 0.2) is 5.96 Å². The van der Waals surface area contributed by atoms with Gasteiger partial charge in [0.25, 0.3) is 0 Å². The molecule has 1 aliphatic heterocycles. The predicted octanol–water partition coefficient (Wildman–Crippen LogP) is 3.46. The van der Waals surface area contributed by atoms with Gasteiger partial charge < -0.3 is 15.0 Å². The van der Waals surface area contributed by atoms with E-state index in [1.807, 2.05) is 30.3 Å². The van der Waals surface area contributed by atoms with Gasteiger partial charge in [-0.15, -0.1) is 24.0 Å². The Morgan fingerprint density at radius 3 is 2.62 bits per heavy atom. The highest BCUT2D eigenvalue weighted by molar-refractivity contribution is 14.0. The van der Waals surface area contributed by atoms with Crippen LogP contribution in [-0.4, -0.2) is 42.1 Å². The summed E-state index contributed by atoms with van der Waals surface area (Å²) in [5, 5.41) is 3.19. The SMILES string of the molecule is CN=C(NCc1ncccc1F)N1CCC(Oc2ccccc2)CC1.I. The summed E-state index contributed by atoms with van der Waals surface area (Å²) in [6.07, 6.45) is 3.65. The Hall–Kier alpha value is -1.90. The third-order valence-corrected chi connectivity index (χ3v) is 4.25. The lowest BCUT2D eigenvalue weighted by Gasteiger charge is -2.34. The zero-order valence-electron chi connectivity index (χ0n) is 14.8. The molecule has 7 heteroatoms. The van der Waals surface area contributed by atoms with Crippen molar-refractivity contribution < 1.29 is 9.13 Å². The average molecular weight is 470 g/mol. The molecule has 0 amide bonds. The van der Waals surface area contributed by atoms with E-state index in [0.29, 0.717) is 12.2 Å². The number of benzene rings is 1. The normalized spacial score (nSPS) is 15.3. The minimum absolute atomic E-state index is 0. The minimum Gasteiger partial charge on any atom is -0.490 e. The molecule has 0 saturated carbocycles. The standard InChI is InChI=1S/C19H23FN4O.HI/c1-21-19(23-14-18-17(20)8-5-11-22-18)24-12-9-16(10-13-24)25-15-6-3-2-4-7-15;/h2-8,11,16H,9-10,12-14H2,1H3,(H,21,23);1H. The number of rotatable bonds is 4. The number of guanidine groups is 1. The molecule has 1 aromatic carbocycles. The Kier molecular flexibility index (Phi) is 8.08. The lowest BCUT2D eigenvalue weighted by atomic mass is 10.1. The number of hydrogen-bond acceptors (Lipinski definition) is 3. The van der Waals surface area contributed by atoms with E-state index in [1.165, 1.54) is 6.07 Å². The van der Waals surface area contributed by atoms with Crippen molar-refractivity contribution in [1.82, 2.24) is 15.2 Å². The van der Waals surface area contributed by atoms with Crippen molar-refractivity contribution in [2.24, 2.45) is 4.99 Å². The third-order valence-electron chi connectivity index (χ3n) is 4.25. The summed E-state index contributed by atoms with van der Waals surface area (Å²) < 4.78 is 19.7. The van der Waals surface area contributed by atoms with Crippen LogP contribution in [0.3, 0.4) is 0 Å². The smallest absolute Gasteiger partial charge is 0.193 e. The van der Waals surface area contributed by atoms with Crippen molar-refractivity contribution in [3.05, 3.63) is 60.2 Å². The molecule has 5 nitrogen and oxygen atoms in total. The van der Waals surface area contributed by atoms with Crippen molar-refractivity contribution >= 4 is 29.9 Å². The van der Waals surface area contributed by atoms with E-state index in [0.717, 1.165) is 37.6 Å². The summed E-state index contributed by atoms with van der Waals surface area (Å²) >= 11 is 0. The Morgan fingerprint density at radius 1 is 1.23 bits per heavy atom. The van der Waals surface area contributed by atoms with Crippen LogP contribution in [0.1, 0.15) is 18.5 Å². The third kappa shape index (κ3) is 5.55.